The predicted octanol–water partition coefficient (Wildman–Crippen LogP) is 1.70. The molecule has 0 atom stereocenters. The summed E-state index contributed by atoms with van der Waals surface area (Å²) in [6, 6.07) is 3.67. The van der Waals surface area contributed by atoms with Gasteiger partial charge in [0.15, 0.2) is 5.13 Å². The van der Waals surface area contributed by atoms with Crippen LogP contribution >= 0.6 is 11.3 Å². The monoisotopic (exact) mass is 292 g/mol. The molecule has 6 heteroatoms. The average molecular weight is 292 g/mol. The van der Waals surface area contributed by atoms with Gasteiger partial charge in [-0.2, -0.15) is 0 Å². The number of carbonyl (C=O) groups is 1. The molecule has 2 rings (SSSR count). The van der Waals surface area contributed by atoms with Gasteiger partial charge in [0.05, 0.1) is 15.8 Å². The summed E-state index contributed by atoms with van der Waals surface area (Å²) in [7, 11) is 6.10. The van der Waals surface area contributed by atoms with Gasteiger partial charge in [-0.3, -0.25) is 4.79 Å². The zero-order valence-corrected chi connectivity index (χ0v) is 13.1. The highest BCUT2D eigenvalue weighted by Gasteiger charge is 2.15. The number of nitrogens with two attached hydrogens (primary N) is 1. The molecule has 0 aliphatic heterocycles. The zero-order valence-electron chi connectivity index (χ0n) is 12.3. The van der Waals surface area contributed by atoms with Gasteiger partial charge in [0, 0.05) is 20.1 Å². The Kier molecular flexibility index (Phi) is 4.25. The van der Waals surface area contributed by atoms with Crippen LogP contribution in [0.5, 0.6) is 0 Å². The lowest BCUT2D eigenvalue weighted by molar-refractivity contribution is 0.100. The molecule has 0 fully saturated rings. The summed E-state index contributed by atoms with van der Waals surface area (Å²) in [6.07, 6.45) is 0. The number of rotatable bonds is 5. The molecule has 0 aliphatic carbocycles. The van der Waals surface area contributed by atoms with Gasteiger partial charge in [0.25, 0.3) is 5.91 Å². The molecule has 0 radical (unpaired) electrons. The number of thiazole rings is 1. The van der Waals surface area contributed by atoms with Crippen LogP contribution in [0.25, 0.3) is 10.2 Å². The van der Waals surface area contributed by atoms with Crippen molar-refractivity contribution in [2.75, 3.05) is 39.1 Å². The van der Waals surface area contributed by atoms with Gasteiger partial charge in [-0.05, 0) is 32.6 Å². The Morgan fingerprint density at radius 2 is 2.00 bits per heavy atom. The standard InChI is InChI=1S/C14H20N4OS/c1-9-5-6-10(13(15)19)11-12(9)20-14(16-11)18(4)8-7-17(2)3/h5-6H,7-8H2,1-4H3,(H2,15,19). The van der Waals surface area contributed by atoms with Crippen LogP contribution < -0.4 is 10.6 Å². The third kappa shape index (κ3) is 2.91. The summed E-state index contributed by atoms with van der Waals surface area (Å²) < 4.78 is 1.04. The lowest BCUT2D eigenvalue weighted by atomic mass is 10.1. The molecule has 0 spiro atoms. The lowest BCUT2D eigenvalue weighted by Gasteiger charge is -2.18. The number of aromatic nitrogens is 1. The number of primary amides is 1. The summed E-state index contributed by atoms with van der Waals surface area (Å²) in [4.78, 5) is 20.3. The Bertz CT molecular complexity index is 635. The van der Waals surface area contributed by atoms with E-state index in [9.17, 15) is 4.79 Å². The quantitative estimate of drug-likeness (QED) is 0.911. The van der Waals surface area contributed by atoms with Crippen molar-refractivity contribution >= 4 is 32.6 Å². The summed E-state index contributed by atoms with van der Waals surface area (Å²) in [5.74, 6) is -0.428. The predicted molar refractivity (Wildman–Crippen MR) is 84.7 cm³/mol. The largest absolute Gasteiger partial charge is 0.366 e. The van der Waals surface area contributed by atoms with Gasteiger partial charge >= 0.3 is 0 Å². The van der Waals surface area contributed by atoms with E-state index in [1.54, 1.807) is 17.4 Å². The van der Waals surface area contributed by atoms with Crippen molar-refractivity contribution in [1.29, 1.82) is 0 Å². The first-order valence-electron chi connectivity index (χ1n) is 6.46. The second-order valence-corrected chi connectivity index (χ2v) is 6.17. The van der Waals surface area contributed by atoms with E-state index < -0.39 is 5.91 Å². The second-order valence-electron chi connectivity index (χ2n) is 5.19. The number of carbonyl (C=O) groups excluding carboxylic acids is 1. The highest BCUT2D eigenvalue weighted by atomic mass is 32.1. The zero-order chi connectivity index (χ0) is 14.9. The molecular formula is C14H20N4OS. The van der Waals surface area contributed by atoms with Gasteiger partial charge < -0.3 is 15.5 Å². The molecule has 1 aromatic heterocycles. The molecule has 108 valence electrons. The normalized spacial score (nSPS) is 11.2. The van der Waals surface area contributed by atoms with Crippen LogP contribution in [0.4, 0.5) is 5.13 Å². The van der Waals surface area contributed by atoms with E-state index in [0.717, 1.165) is 28.5 Å². The number of nitrogens with zero attached hydrogens (tertiary/aromatic N) is 3. The Labute approximate surface area is 123 Å². The van der Waals surface area contributed by atoms with Crippen LogP contribution in [0.1, 0.15) is 15.9 Å². The maximum absolute atomic E-state index is 11.5. The number of amides is 1. The molecule has 5 nitrogen and oxygen atoms in total. The van der Waals surface area contributed by atoms with Crippen molar-refractivity contribution in [1.82, 2.24) is 9.88 Å². The molecule has 0 saturated carbocycles. The number of hydrogen-bond acceptors (Lipinski definition) is 5. The first-order chi connectivity index (χ1) is 9.40. The molecule has 1 heterocycles. The topological polar surface area (TPSA) is 62.5 Å². The Balaban J connectivity index is 2.40. The van der Waals surface area contributed by atoms with Crippen molar-refractivity contribution in [3.05, 3.63) is 23.3 Å². The Morgan fingerprint density at radius 1 is 1.30 bits per heavy atom. The maximum atomic E-state index is 11.5. The highest BCUT2D eigenvalue weighted by molar-refractivity contribution is 7.22. The van der Waals surface area contributed by atoms with Crippen LogP contribution in [0.2, 0.25) is 0 Å². The fraction of sp³-hybridized carbons (Fsp3) is 0.429. The molecule has 0 saturated heterocycles. The fourth-order valence-electron chi connectivity index (χ4n) is 1.93. The van der Waals surface area contributed by atoms with Crippen LogP contribution in [-0.4, -0.2) is 50.0 Å². The number of likely N-dealkylation sites (N-methyl/N-ethyl adjacent to an activating group) is 2. The van der Waals surface area contributed by atoms with E-state index in [4.69, 9.17) is 5.73 Å². The van der Waals surface area contributed by atoms with Crippen molar-refractivity contribution in [2.45, 2.75) is 6.92 Å². The van der Waals surface area contributed by atoms with E-state index in [-0.39, 0.29) is 0 Å². The summed E-state index contributed by atoms with van der Waals surface area (Å²) in [6.45, 7) is 3.86. The van der Waals surface area contributed by atoms with Crippen molar-refractivity contribution in [2.24, 2.45) is 5.73 Å². The number of benzene rings is 1. The summed E-state index contributed by atoms with van der Waals surface area (Å²) in [5.41, 5.74) is 7.75. The molecule has 1 amide bonds. The summed E-state index contributed by atoms with van der Waals surface area (Å²) >= 11 is 1.60. The minimum absolute atomic E-state index is 0.428. The van der Waals surface area contributed by atoms with Crippen molar-refractivity contribution in [3.8, 4) is 0 Å². The first kappa shape index (κ1) is 14.7. The molecule has 2 N–H and O–H groups in total. The minimum atomic E-state index is -0.428. The van der Waals surface area contributed by atoms with Crippen LogP contribution in [-0.2, 0) is 0 Å². The average Bonchev–Trinajstić information content (AvgIpc) is 2.81. The number of aryl methyl sites for hydroxylation is 1. The Hall–Kier alpha value is -1.66. The molecule has 0 aliphatic rings. The third-order valence-corrected chi connectivity index (χ3v) is 4.51. The Morgan fingerprint density at radius 3 is 2.60 bits per heavy atom. The third-order valence-electron chi connectivity index (χ3n) is 3.20. The van der Waals surface area contributed by atoms with Crippen LogP contribution in [0.3, 0.4) is 0 Å². The van der Waals surface area contributed by atoms with Gasteiger partial charge in [-0.15, -0.1) is 0 Å². The molecular weight excluding hydrogens is 272 g/mol. The molecule has 1 aromatic carbocycles. The van der Waals surface area contributed by atoms with Gasteiger partial charge in [-0.25, -0.2) is 4.98 Å². The second kappa shape index (κ2) is 5.76. The van der Waals surface area contributed by atoms with E-state index in [2.05, 4.69) is 14.8 Å². The van der Waals surface area contributed by atoms with Gasteiger partial charge in [0.1, 0.15) is 0 Å². The van der Waals surface area contributed by atoms with Crippen LogP contribution in [0.15, 0.2) is 12.1 Å². The first-order valence-corrected chi connectivity index (χ1v) is 7.27. The number of anilines is 1. The fourth-order valence-corrected chi connectivity index (χ4v) is 2.98. The number of fused-ring (bicyclic) bond motifs is 1. The number of hydrogen-bond donors (Lipinski definition) is 1. The van der Waals surface area contributed by atoms with E-state index in [1.807, 2.05) is 34.1 Å². The van der Waals surface area contributed by atoms with Crippen molar-refractivity contribution < 1.29 is 4.79 Å². The SMILES string of the molecule is Cc1ccc(C(N)=O)c2nc(N(C)CCN(C)C)sc12. The smallest absolute Gasteiger partial charge is 0.250 e. The highest BCUT2D eigenvalue weighted by Crippen LogP contribution is 2.32. The maximum Gasteiger partial charge on any atom is 0.250 e. The van der Waals surface area contributed by atoms with E-state index >= 15 is 0 Å². The molecule has 0 unspecified atom stereocenters. The molecule has 2 aromatic rings. The summed E-state index contributed by atoms with van der Waals surface area (Å²) in [5, 5.41) is 0.915. The van der Waals surface area contributed by atoms with Gasteiger partial charge in [0.2, 0.25) is 0 Å². The molecule has 20 heavy (non-hydrogen) atoms. The molecule has 0 bridgehead atoms. The van der Waals surface area contributed by atoms with E-state index in [1.165, 1.54) is 0 Å². The lowest BCUT2D eigenvalue weighted by Crippen LogP contribution is -2.28. The van der Waals surface area contributed by atoms with Gasteiger partial charge in [-0.1, -0.05) is 17.4 Å². The minimum Gasteiger partial charge on any atom is -0.366 e. The van der Waals surface area contributed by atoms with Crippen LogP contribution in [0, 0.1) is 6.92 Å². The van der Waals surface area contributed by atoms with Crippen molar-refractivity contribution in [3.63, 3.8) is 0 Å². The van der Waals surface area contributed by atoms with E-state index in [0.29, 0.717) is 11.1 Å².